The zero-order valence-electron chi connectivity index (χ0n) is 11.1. The average Bonchev–Trinajstić information content (AvgIpc) is 3.07. The van der Waals surface area contributed by atoms with Gasteiger partial charge in [-0.05, 0) is 12.8 Å². The van der Waals surface area contributed by atoms with Crippen molar-refractivity contribution in [1.82, 2.24) is 19.6 Å². The molecular formula is C13H20ClN5. The van der Waals surface area contributed by atoms with Crippen LogP contribution < -0.4 is 5.32 Å². The Morgan fingerprint density at radius 2 is 2.00 bits per heavy atom. The van der Waals surface area contributed by atoms with E-state index in [9.17, 15) is 0 Å². The molecule has 2 heterocycles. The molecule has 1 aliphatic rings. The predicted molar refractivity (Wildman–Crippen MR) is 77.5 cm³/mol. The van der Waals surface area contributed by atoms with Crippen LogP contribution in [0.15, 0.2) is 24.8 Å². The van der Waals surface area contributed by atoms with E-state index in [0.29, 0.717) is 6.04 Å². The lowest BCUT2D eigenvalue weighted by Gasteiger charge is -2.08. The summed E-state index contributed by atoms with van der Waals surface area (Å²) in [5.74, 6) is 0. The van der Waals surface area contributed by atoms with Crippen LogP contribution >= 0.6 is 12.4 Å². The van der Waals surface area contributed by atoms with Crippen molar-refractivity contribution >= 4 is 18.1 Å². The van der Waals surface area contributed by atoms with E-state index < -0.39 is 0 Å². The van der Waals surface area contributed by atoms with Gasteiger partial charge in [0.15, 0.2) is 0 Å². The number of aromatic nitrogens is 4. The molecule has 1 saturated carbocycles. The van der Waals surface area contributed by atoms with E-state index in [1.165, 1.54) is 31.2 Å². The first-order valence-corrected chi connectivity index (χ1v) is 6.57. The second-order valence-corrected chi connectivity index (χ2v) is 5.02. The van der Waals surface area contributed by atoms with E-state index in [4.69, 9.17) is 0 Å². The molecule has 1 fully saturated rings. The van der Waals surface area contributed by atoms with Gasteiger partial charge in [0.05, 0.1) is 24.1 Å². The summed E-state index contributed by atoms with van der Waals surface area (Å²) in [4.78, 5) is 0. The number of aryl methyl sites for hydroxylation is 1. The number of nitrogens with one attached hydrogen (secondary N) is 1. The van der Waals surface area contributed by atoms with E-state index in [-0.39, 0.29) is 12.4 Å². The minimum absolute atomic E-state index is 0. The van der Waals surface area contributed by atoms with Crippen LogP contribution in [0.1, 0.15) is 37.3 Å². The standard InChI is InChI=1S/C13H19N5.ClH/c1-17-9-11(7-15-17)6-14-12-8-16-18(10-12)13-4-2-3-5-13;/h7-10,13-14H,2-6H2,1H3;1H. The van der Waals surface area contributed by atoms with Crippen molar-refractivity contribution in [3.8, 4) is 0 Å². The van der Waals surface area contributed by atoms with Crippen LogP contribution in [0.3, 0.4) is 0 Å². The number of anilines is 1. The SMILES string of the molecule is Cl.Cn1cc(CNc2cnn(C3CCCC3)c2)cn1. The predicted octanol–water partition coefficient (Wildman–Crippen LogP) is 2.77. The fourth-order valence-electron chi connectivity index (χ4n) is 2.57. The van der Waals surface area contributed by atoms with Crippen LogP contribution in [-0.2, 0) is 13.6 Å². The van der Waals surface area contributed by atoms with E-state index in [1.54, 1.807) is 0 Å². The lowest BCUT2D eigenvalue weighted by molar-refractivity contribution is 0.467. The molecule has 0 aliphatic heterocycles. The second-order valence-electron chi connectivity index (χ2n) is 5.02. The van der Waals surface area contributed by atoms with Crippen LogP contribution in [0.25, 0.3) is 0 Å². The van der Waals surface area contributed by atoms with Gasteiger partial charge >= 0.3 is 0 Å². The van der Waals surface area contributed by atoms with E-state index in [1.807, 2.05) is 30.3 Å². The first-order valence-electron chi connectivity index (χ1n) is 6.57. The fraction of sp³-hybridized carbons (Fsp3) is 0.538. The molecule has 0 spiro atoms. The van der Waals surface area contributed by atoms with E-state index >= 15 is 0 Å². The second kappa shape index (κ2) is 6.10. The molecule has 2 aromatic rings. The Balaban J connectivity index is 0.00000133. The van der Waals surface area contributed by atoms with Gasteiger partial charge < -0.3 is 5.32 Å². The molecule has 0 atom stereocenters. The van der Waals surface area contributed by atoms with Crippen LogP contribution in [0.4, 0.5) is 5.69 Å². The average molecular weight is 282 g/mol. The number of hydrogen-bond acceptors (Lipinski definition) is 3. The maximum atomic E-state index is 4.45. The Morgan fingerprint density at radius 3 is 2.68 bits per heavy atom. The highest BCUT2D eigenvalue weighted by Gasteiger charge is 2.17. The third-order valence-corrected chi connectivity index (χ3v) is 3.56. The maximum absolute atomic E-state index is 4.45. The zero-order chi connectivity index (χ0) is 12.4. The fourth-order valence-corrected chi connectivity index (χ4v) is 2.57. The van der Waals surface area contributed by atoms with Crippen molar-refractivity contribution in [3.63, 3.8) is 0 Å². The van der Waals surface area contributed by atoms with Crippen molar-refractivity contribution in [2.75, 3.05) is 5.32 Å². The van der Waals surface area contributed by atoms with E-state index in [0.717, 1.165) is 12.2 Å². The number of hydrogen-bond donors (Lipinski definition) is 1. The first-order chi connectivity index (χ1) is 8.81. The number of rotatable bonds is 4. The molecule has 19 heavy (non-hydrogen) atoms. The summed E-state index contributed by atoms with van der Waals surface area (Å²) >= 11 is 0. The molecule has 6 heteroatoms. The summed E-state index contributed by atoms with van der Waals surface area (Å²) in [5, 5.41) is 12.0. The molecule has 1 N–H and O–H groups in total. The number of nitrogens with zero attached hydrogens (tertiary/aromatic N) is 4. The molecular weight excluding hydrogens is 262 g/mol. The third kappa shape index (κ3) is 3.29. The van der Waals surface area contributed by atoms with Crippen LogP contribution in [0, 0.1) is 0 Å². The van der Waals surface area contributed by atoms with Gasteiger partial charge in [-0.15, -0.1) is 12.4 Å². The highest BCUT2D eigenvalue weighted by Crippen LogP contribution is 2.29. The van der Waals surface area contributed by atoms with Gasteiger partial charge in [-0.1, -0.05) is 12.8 Å². The highest BCUT2D eigenvalue weighted by molar-refractivity contribution is 5.85. The Hall–Kier alpha value is -1.49. The third-order valence-electron chi connectivity index (χ3n) is 3.56. The van der Waals surface area contributed by atoms with Crippen molar-refractivity contribution in [2.24, 2.45) is 7.05 Å². The van der Waals surface area contributed by atoms with Gasteiger partial charge in [-0.2, -0.15) is 10.2 Å². The molecule has 0 aromatic carbocycles. The lowest BCUT2D eigenvalue weighted by Crippen LogP contribution is -2.04. The molecule has 1 aliphatic carbocycles. The van der Waals surface area contributed by atoms with E-state index in [2.05, 4.69) is 26.4 Å². The number of halogens is 1. The Labute approximate surface area is 119 Å². The summed E-state index contributed by atoms with van der Waals surface area (Å²) < 4.78 is 3.93. The topological polar surface area (TPSA) is 47.7 Å². The molecule has 2 aromatic heterocycles. The summed E-state index contributed by atoms with van der Waals surface area (Å²) in [7, 11) is 1.93. The maximum Gasteiger partial charge on any atom is 0.0729 e. The van der Waals surface area contributed by atoms with Crippen molar-refractivity contribution < 1.29 is 0 Å². The molecule has 0 bridgehead atoms. The van der Waals surface area contributed by atoms with Gasteiger partial charge in [0.1, 0.15) is 0 Å². The highest BCUT2D eigenvalue weighted by atomic mass is 35.5. The van der Waals surface area contributed by atoms with Gasteiger partial charge in [0.25, 0.3) is 0 Å². The molecule has 0 saturated heterocycles. The van der Waals surface area contributed by atoms with Crippen LogP contribution in [0.2, 0.25) is 0 Å². The Morgan fingerprint density at radius 1 is 1.21 bits per heavy atom. The lowest BCUT2D eigenvalue weighted by atomic mass is 10.3. The van der Waals surface area contributed by atoms with Gasteiger partial charge in [-0.3, -0.25) is 9.36 Å². The van der Waals surface area contributed by atoms with Crippen molar-refractivity contribution in [1.29, 1.82) is 0 Å². The van der Waals surface area contributed by atoms with Gasteiger partial charge in [-0.25, -0.2) is 0 Å². The molecule has 104 valence electrons. The Bertz CT molecular complexity index is 513. The largest absolute Gasteiger partial charge is 0.378 e. The quantitative estimate of drug-likeness (QED) is 0.937. The molecule has 0 unspecified atom stereocenters. The molecule has 3 rings (SSSR count). The summed E-state index contributed by atoms with van der Waals surface area (Å²) in [6.07, 6.45) is 13.1. The van der Waals surface area contributed by atoms with Crippen molar-refractivity contribution in [2.45, 2.75) is 38.3 Å². The van der Waals surface area contributed by atoms with Crippen molar-refractivity contribution in [3.05, 3.63) is 30.4 Å². The van der Waals surface area contributed by atoms with Gasteiger partial charge in [0.2, 0.25) is 0 Å². The summed E-state index contributed by atoms with van der Waals surface area (Å²) in [6, 6.07) is 0.610. The first kappa shape index (κ1) is 13.9. The van der Waals surface area contributed by atoms with Gasteiger partial charge in [0, 0.05) is 31.5 Å². The summed E-state index contributed by atoms with van der Waals surface area (Å²) in [6.45, 7) is 0.796. The smallest absolute Gasteiger partial charge is 0.0729 e. The molecule has 0 radical (unpaired) electrons. The zero-order valence-corrected chi connectivity index (χ0v) is 11.9. The molecule has 0 amide bonds. The normalized spacial score (nSPS) is 15.4. The molecule has 5 nitrogen and oxygen atoms in total. The van der Waals surface area contributed by atoms with Crippen LogP contribution in [-0.4, -0.2) is 19.6 Å². The minimum atomic E-state index is 0. The Kier molecular flexibility index (Phi) is 4.47. The van der Waals surface area contributed by atoms with Crippen LogP contribution in [0.5, 0.6) is 0 Å². The monoisotopic (exact) mass is 281 g/mol. The minimum Gasteiger partial charge on any atom is -0.378 e. The summed E-state index contributed by atoms with van der Waals surface area (Å²) in [5.41, 5.74) is 2.27.